The van der Waals surface area contributed by atoms with E-state index in [9.17, 15) is 0 Å². The van der Waals surface area contributed by atoms with Crippen LogP contribution >= 0.6 is 0 Å². The molecule has 0 radical (unpaired) electrons. The third-order valence-electron chi connectivity index (χ3n) is 3.80. The lowest BCUT2D eigenvalue weighted by Crippen LogP contribution is -2.34. The fraction of sp³-hybridized carbons (Fsp3) is 0.714. The van der Waals surface area contributed by atoms with E-state index in [1.54, 1.807) is 6.26 Å². The van der Waals surface area contributed by atoms with Crippen molar-refractivity contribution in [1.29, 1.82) is 0 Å². The van der Waals surface area contributed by atoms with Crippen molar-refractivity contribution in [2.75, 3.05) is 13.6 Å². The van der Waals surface area contributed by atoms with E-state index in [1.807, 2.05) is 6.92 Å². The minimum atomic E-state index is 0.429. The van der Waals surface area contributed by atoms with Crippen LogP contribution in [0.3, 0.4) is 0 Å². The maximum atomic E-state index is 6.03. The zero-order valence-corrected chi connectivity index (χ0v) is 11.0. The highest BCUT2D eigenvalue weighted by atomic mass is 16.3. The third-order valence-corrected chi connectivity index (χ3v) is 3.80. The average Bonchev–Trinajstić information content (AvgIpc) is 2.64. The molecule has 2 atom stereocenters. The normalized spacial score (nSPS) is 25.4. The quantitative estimate of drug-likeness (QED) is 0.873. The summed E-state index contributed by atoms with van der Waals surface area (Å²) in [6.45, 7) is 4.16. The number of nitrogens with two attached hydrogens (primary N) is 1. The summed E-state index contributed by atoms with van der Waals surface area (Å²) in [5.41, 5.74) is 7.33. The molecule has 3 nitrogen and oxygen atoms in total. The first kappa shape index (κ1) is 12.7. The van der Waals surface area contributed by atoms with Crippen molar-refractivity contribution < 1.29 is 4.42 Å². The van der Waals surface area contributed by atoms with Gasteiger partial charge in [0.05, 0.1) is 6.26 Å². The second kappa shape index (κ2) is 5.69. The van der Waals surface area contributed by atoms with E-state index < -0.39 is 0 Å². The molecule has 1 saturated carbocycles. The molecule has 0 bridgehead atoms. The van der Waals surface area contributed by atoms with E-state index >= 15 is 0 Å². The van der Waals surface area contributed by atoms with Gasteiger partial charge in [0.25, 0.3) is 0 Å². The van der Waals surface area contributed by atoms with Crippen molar-refractivity contribution >= 4 is 0 Å². The Morgan fingerprint density at radius 3 is 2.94 bits per heavy atom. The molecule has 0 amide bonds. The van der Waals surface area contributed by atoms with Crippen molar-refractivity contribution in [3.05, 3.63) is 23.7 Å². The van der Waals surface area contributed by atoms with E-state index in [2.05, 4.69) is 18.0 Å². The van der Waals surface area contributed by atoms with Crippen LogP contribution in [0.5, 0.6) is 0 Å². The fourth-order valence-electron chi connectivity index (χ4n) is 2.87. The second-order valence-corrected chi connectivity index (χ2v) is 5.49. The Morgan fingerprint density at radius 2 is 2.29 bits per heavy atom. The van der Waals surface area contributed by atoms with Crippen LogP contribution in [0.4, 0.5) is 0 Å². The predicted octanol–water partition coefficient (Wildman–Crippen LogP) is 2.54. The Balaban J connectivity index is 1.80. The van der Waals surface area contributed by atoms with Crippen LogP contribution in [-0.4, -0.2) is 24.5 Å². The largest absolute Gasteiger partial charge is 0.469 e. The van der Waals surface area contributed by atoms with Crippen LogP contribution in [0.2, 0.25) is 0 Å². The molecule has 2 rings (SSSR count). The van der Waals surface area contributed by atoms with Crippen LogP contribution in [0, 0.1) is 12.8 Å². The number of aryl methyl sites for hydroxylation is 1. The molecule has 1 aliphatic carbocycles. The van der Waals surface area contributed by atoms with Crippen molar-refractivity contribution in [2.45, 2.75) is 45.2 Å². The zero-order chi connectivity index (χ0) is 12.3. The standard InChI is InChI=1S/C14H24N2O/c1-11-13(6-7-17-11)10-16(2)9-12-4-3-5-14(15)8-12/h6-7,12,14H,3-5,8-10,15H2,1-2H3. The molecule has 0 aliphatic heterocycles. The van der Waals surface area contributed by atoms with E-state index in [1.165, 1.54) is 31.2 Å². The molecule has 0 saturated heterocycles. The highest BCUT2D eigenvalue weighted by Crippen LogP contribution is 2.24. The van der Waals surface area contributed by atoms with Gasteiger partial charge in [-0.15, -0.1) is 0 Å². The maximum absolute atomic E-state index is 6.03. The van der Waals surface area contributed by atoms with E-state index in [0.717, 1.165) is 24.8 Å². The van der Waals surface area contributed by atoms with Crippen molar-refractivity contribution in [1.82, 2.24) is 4.90 Å². The molecule has 1 fully saturated rings. The molecule has 2 unspecified atom stereocenters. The van der Waals surface area contributed by atoms with Gasteiger partial charge in [0.1, 0.15) is 5.76 Å². The first-order chi connectivity index (χ1) is 8.15. The molecule has 1 aromatic heterocycles. The Labute approximate surface area is 104 Å². The molecule has 96 valence electrons. The first-order valence-corrected chi connectivity index (χ1v) is 6.62. The maximum Gasteiger partial charge on any atom is 0.105 e. The highest BCUT2D eigenvalue weighted by molar-refractivity contribution is 5.14. The van der Waals surface area contributed by atoms with Gasteiger partial charge in [-0.1, -0.05) is 6.42 Å². The summed E-state index contributed by atoms with van der Waals surface area (Å²) in [7, 11) is 2.19. The highest BCUT2D eigenvalue weighted by Gasteiger charge is 2.20. The predicted molar refractivity (Wildman–Crippen MR) is 69.7 cm³/mol. The summed E-state index contributed by atoms with van der Waals surface area (Å²) < 4.78 is 5.33. The van der Waals surface area contributed by atoms with Gasteiger partial charge in [-0.05, 0) is 45.2 Å². The minimum Gasteiger partial charge on any atom is -0.469 e. The first-order valence-electron chi connectivity index (χ1n) is 6.62. The van der Waals surface area contributed by atoms with E-state index in [0.29, 0.717) is 6.04 Å². The number of hydrogen-bond acceptors (Lipinski definition) is 3. The van der Waals surface area contributed by atoms with Crippen LogP contribution < -0.4 is 5.73 Å². The van der Waals surface area contributed by atoms with Gasteiger partial charge >= 0.3 is 0 Å². The van der Waals surface area contributed by atoms with Gasteiger partial charge in [0.2, 0.25) is 0 Å². The summed E-state index contributed by atoms with van der Waals surface area (Å²) in [6.07, 6.45) is 6.80. The molecule has 1 heterocycles. The Bertz CT molecular complexity index is 348. The topological polar surface area (TPSA) is 42.4 Å². The van der Waals surface area contributed by atoms with E-state index in [-0.39, 0.29) is 0 Å². The summed E-state index contributed by atoms with van der Waals surface area (Å²) in [4.78, 5) is 2.39. The smallest absolute Gasteiger partial charge is 0.105 e. The van der Waals surface area contributed by atoms with Crippen LogP contribution in [0.1, 0.15) is 37.0 Å². The zero-order valence-electron chi connectivity index (χ0n) is 11.0. The molecular weight excluding hydrogens is 212 g/mol. The lowest BCUT2D eigenvalue weighted by atomic mass is 9.86. The van der Waals surface area contributed by atoms with Gasteiger partial charge in [-0.25, -0.2) is 0 Å². The monoisotopic (exact) mass is 236 g/mol. The molecule has 2 N–H and O–H groups in total. The van der Waals surface area contributed by atoms with Gasteiger partial charge in [-0.2, -0.15) is 0 Å². The lowest BCUT2D eigenvalue weighted by molar-refractivity contribution is 0.216. The number of nitrogens with zero attached hydrogens (tertiary/aromatic N) is 1. The fourth-order valence-corrected chi connectivity index (χ4v) is 2.87. The van der Waals surface area contributed by atoms with Crippen molar-refractivity contribution in [3.8, 4) is 0 Å². The third kappa shape index (κ3) is 3.58. The number of hydrogen-bond donors (Lipinski definition) is 1. The molecule has 0 spiro atoms. The molecule has 1 aromatic rings. The van der Waals surface area contributed by atoms with Crippen molar-refractivity contribution in [2.24, 2.45) is 11.7 Å². The summed E-state index contributed by atoms with van der Waals surface area (Å²) in [6, 6.07) is 2.50. The molecule has 17 heavy (non-hydrogen) atoms. The SMILES string of the molecule is Cc1occc1CN(C)CC1CCCC(N)C1. The van der Waals surface area contributed by atoms with Gasteiger partial charge in [0, 0.05) is 24.7 Å². The Morgan fingerprint density at radius 1 is 1.47 bits per heavy atom. The summed E-state index contributed by atoms with van der Waals surface area (Å²) in [5.74, 6) is 1.81. The molecule has 1 aliphatic rings. The Hall–Kier alpha value is -0.800. The van der Waals surface area contributed by atoms with Gasteiger partial charge in [-0.3, -0.25) is 0 Å². The van der Waals surface area contributed by atoms with Crippen LogP contribution in [0.25, 0.3) is 0 Å². The van der Waals surface area contributed by atoms with Crippen LogP contribution in [-0.2, 0) is 6.54 Å². The lowest BCUT2D eigenvalue weighted by Gasteiger charge is -2.30. The summed E-state index contributed by atoms with van der Waals surface area (Å²) >= 11 is 0. The Kier molecular flexibility index (Phi) is 4.24. The molecule has 3 heteroatoms. The van der Waals surface area contributed by atoms with E-state index in [4.69, 9.17) is 10.2 Å². The number of furan rings is 1. The van der Waals surface area contributed by atoms with Crippen molar-refractivity contribution in [3.63, 3.8) is 0 Å². The minimum absolute atomic E-state index is 0.429. The van der Waals surface area contributed by atoms with Crippen LogP contribution in [0.15, 0.2) is 16.7 Å². The van der Waals surface area contributed by atoms with Gasteiger partial charge in [0.15, 0.2) is 0 Å². The van der Waals surface area contributed by atoms with Gasteiger partial charge < -0.3 is 15.1 Å². The summed E-state index contributed by atoms with van der Waals surface area (Å²) in [5, 5.41) is 0. The average molecular weight is 236 g/mol. The number of rotatable bonds is 4. The second-order valence-electron chi connectivity index (χ2n) is 5.49. The molecular formula is C14H24N2O. The molecule has 0 aromatic carbocycles.